The van der Waals surface area contributed by atoms with Crippen molar-refractivity contribution in [2.75, 3.05) is 10.6 Å². The number of amides is 2. The maximum atomic E-state index is 13.3. The van der Waals surface area contributed by atoms with E-state index in [9.17, 15) is 9.59 Å². The van der Waals surface area contributed by atoms with Gasteiger partial charge >= 0.3 is 0 Å². The molecule has 204 valence electrons. The molecule has 1 heterocycles. The van der Waals surface area contributed by atoms with E-state index in [4.69, 9.17) is 4.43 Å². The number of carbonyl (C=O) groups excluding carboxylic acids is 2. The van der Waals surface area contributed by atoms with E-state index in [1.165, 1.54) is 0 Å². The van der Waals surface area contributed by atoms with Gasteiger partial charge in [-0.1, -0.05) is 59.7 Å². The van der Waals surface area contributed by atoms with Crippen LogP contribution in [0.1, 0.15) is 67.8 Å². The largest absolute Gasteiger partial charge is 0.543 e. The van der Waals surface area contributed by atoms with Crippen molar-refractivity contribution in [2.45, 2.75) is 65.1 Å². The summed E-state index contributed by atoms with van der Waals surface area (Å²) in [4.78, 5) is 29.6. The first-order chi connectivity index (χ1) is 18.1. The number of fused-ring (bicyclic) bond motifs is 1. The second-order valence-corrected chi connectivity index (χ2v) is 17.3. The summed E-state index contributed by atoms with van der Waals surface area (Å²) in [6.07, 6.45) is 1.84. The molecule has 4 rings (SSSR count). The standard InChI is InChI=1S/C32H39N3O3Si/c1-31(2,3)24-13-11-22(12-14-24)29(36)35-28-20-25(38-39(7,8)32(4,5)6)15-16-26(28)34-30(37)23-10-9-21-17-18-33-27(21)19-23/h9-20,33H,1-8H3,(H,34,37)(H,35,36). The van der Waals surface area contributed by atoms with Crippen molar-refractivity contribution in [1.29, 1.82) is 0 Å². The summed E-state index contributed by atoms with van der Waals surface area (Å²) in [6, 6.07) is 20.5. The Hall–Kier alpha value is -3.84. The maximum absolute atomic E-state index is 13.3. The molecule has 7 heteroatoms. The van der Waals surface area contributed by atoms with Crippen LogP contribution in [0, 0.1) is 0 Å². The van der Waals surface area contributed by atoms with Gasteiger partial charge in [-0.15, -0.1) is 0 Å². The molecule has 4 aromatic rings. The van der Waals surface area contributed by atoms with E-state index in [1.807, 2.05) is 54.7 Å². The first-order valence-electron chi connectivity index (χ1n) is 13.3. The molecule has 39 heavy (non-hydrogen) atoms. The minimum Gasteiger partial charge on any atom is -0.543 e. The summed E-state index contributed by atoms with van der Waals surface area (Å²) >= 11 is 0. The number of H-pyrrole nitrogens is 1. The van der Waals surface area contributed by atoms with Crippen LogP contribution >= 0.6 is 0 Å². The highest BCUT2D eigenvalue weighted by molar-refractivity contribution is 6.74. The first-order valence-corrected chi connectivity index (χ1v) is 16.2. The molecule has 2 amide bonds. The lowest BCUT2D eigenvalue weighted by Crippen LogP contribution is -2.43. The second kappa shape index (κ2) is 10.4. The molecule has 0 atom stereocenters. The fourth-order valence-electron chi connectivity index (χ4n) is 3.95. The Morgan fingerprint density at radius 2 is 1.36 bits per heavy atom. The van der Waals surface area contributed by atoms with Crippen LogP contribution in [0.25, 0.3) is 10.9 Å². The average Bonchev–Trinajstić information content (AvgIpc) is 3.32. The number of anilines is 2. The van der Waals surface area contributed by atoms with Crippen LogP contribution in [-0.4, -0.2) is 25.1 Å². The van der Waals surface area contributed by atoms with Crippen molar-refractivity contribution in [1.82, 2.24) is 4.98 Å². The van der Waals surface area contributed by atoms with Crippen LogP contribution in [0.15, 0.2) is 72.9 Å². The monoisotopic (exact) mass is 541 g/mol. The van der Waals surface area contributed by atoms with Crippen LogP contribution in [0.4, 0.5) is 11.4 Å². The van der Waals surface area contributed by atoms with Crippen LogP contribution in [0.3, 0.4) is 0 Å². The highest BCUT2D eigenvalue weighted by Gasteiger charge is 2.39. The first kappa shape index (κ1) is 28.2. The zero-order valence-corrected chi connectivity index (χ0v) is 25.2. The van der Waals surface area contributed by atoms with E-state index < -0.39 is 8.32 Å². The molecule has 6 nitrogen and oxygen atoms in total. The molecular formula is C32H39N3O3Si. The minimum absolute atomic E-state index is 0.00849. The van der Waals surface area contributed by atoms with Crippen molar-refractivity contribution >= 4 is 42.4 Å². The average molecular weight is 542 g/mol. The Bertz CT molecular complexity index is 1510. The zero-order chi connectivity index (χ0) is 28.6. The van der Waals surface area contributed by atoms with E-state index in [-0.39, 0.29) is 22.3 Å². The van der Waals surface area contributed by atoms with Gasteiger partial charge in [0, 0.05) is 28.9 Å². The SMILES string of the molecule is CC(C)(C)c1ccc(C(=O)Nc2cc(O[Si](C)(C)C(C)(C)C)ccc2NC(=O)c2ccc3cc[nH]c3c2)cc1. The van der Waals surface area contributed by atoms with Crippen LogP contribution in [0.5, 0.6) is 5.75 Å². The van der Waals surface area contributed by atoms with Crippen molar-refractivity contribution in [2.24, 2.45) is 0 Å². The van der Waals surface area contributed by atoms with Gasteiger partial charge in [0.1, 0.15) is 5.75 Å². The number of nitrogens with one attached hydrogen (secondary N) is 3. The van der Waals surface area contributed by atoms with Gasteiger partial charge in [0.2, 0.25) is 8.32 Å². The normalized spacial score (nSPS) is 12.3. The molecule has 0 fully saturated rings. The van der Waals surface area contributed by atoms with E-state index in [2.05, 4.69) is 70.3 Å². The second-order valence-electron chi connectivity index (χ2n) is 12.6. The molecule has 3 aromatic carbocycles. The van der Waals surface area contributed by atoms with Crippen molar-refractivity contribution < 1.29 is 14.0 Å². The van der Waals surface area contributed by atoms with Crippen molar-refractivity contribution in [3.05, 3.63) is 89.6 Å². The van der Waals surface area contributed by atoms with Crippen LogP contribution in [-0.2, 0) is 5.41 Å². The molecule has 0 bridgehead atoms. The number of benzene rings is 3. The van der Waals surface area contributed by atoms with Gasteiger partial charge in [-0.05, 0) is 77.0 Å². The maximum Gasteiger partial charge on any atom is 0.255 e. The summed E-state index contributed by atoms with van der Waals surface area (Å²) in [5.74, 6) is 0.128. The fourth-order valence-corrected chi connectivity index (χ4v) is 4.97. The Morgan fingerprint density at radius 3 is 2.00 bits per heavy atom. The summed E-state index contributed by atoms with van der Waals surface area (Å²) in [6.45, 7) is 17.3. The highest BCUT2D eigenvalue weighted by Crippen LogP contribution is 2.39. The Morgan fingerprint density at radius 1 is 0.744 bits per heavy atom. The molecule has 1 aromatic heterocycles. The molecule has 0 aliphatic heterocycles. The number of aromatic amines is 1. The van der Waals surface area contributed by atoms with Crippen molar-refractivity contribution in [3.63, 3.8) is 0 Å². The number of carbonyl (C=O) groups is 2. The molecule has 0 radical (unpaired) electrons. The fraction of sp³-hybridized carbons (Fsp3) is 0.312. The Kier molecular flexibility index (Phi) is 7.50. The van der Waals surface area contributed by atoms with Gasteiger partial charge in [-0.2, -0.15) is 0 Å². The smallest absolute Gasteiger partial charge is 0.255 e. The summed E-state index contributed by atoms with van der Waals surface area (Å²) in [5.41, 5.74) is 4.04. The molecule has 0 spiro atoms. The van der Waals surface area contributed by atoms with Gasteiger partial charge in [-0.25, -0.2) is 0 Å². The molecule has 0 saturated heterocycles. The predicted molar refractivity (Wildman–Crippen MR) is 164 cm³/mol. The van der Waals surface area contributed by atoms with E-state index in [1.54, 1.807) is 18.2 Å². The summed E-state index contributed by atoms with van der Waals surface area (Å²) in [5, 5.41) is 7.03. The lowest BCUT2D eigenvalue weighted by atomic mass is 9.87. The third-order valence-electron chi connectivity index (χ3n) is 7.50. The predicted octanol–water partition coefficient (Wildman–Crippen LogP) is 8.35. The summed E-state index contributed by atoms with van der Waals surface area (Å²) in [7, 11) is -2.12. The van der Waals surface area contributed by atoms with Crippen LogP contribution in [0.2, 0.25) is 18.1 Å². The summed E-state index contributed by atoms with van der Waals surface area (Å²) < 4.78 is 6.50. The molecule has 3 N–H and O–H groups in total. The van der Waals surface area contributed by atoms with Gasteiger partial charge in [0.05, 0.1) is 11.4 Å². The number of aromatic nitrogens is 1. The Labute approximate surface area is 232 Å². The minimum atomic E-state index is -2.12. The lowest BCUT2D eigenvalue weighted by Gasteiger charge is -2.36. The van der Waals surface area contributed by atoms with Crippen LogP contribution < -0.4 is 15.1 Å². The molecule has 0 unspecified atom stereocenters. The number of hydrogen-bond acceptors (Lipinski definition) is 3. The topological polar surface area (TPSA) is 83.2 Å². The van der Waals surface area contributed by atoms with Crippen molar-refractivity contribution in [3.8, 4) is 5.75 Å². The third-order valence-corrected chi connectivity index (χ3v) is 11.9. The quantitative estimate of drug-likeness (QED) is 0.214. The Balaban J connectivity index is 1.64. The van der Waals surface area contributed by atoms with Gasteiger partial charge in [0.15, 0.2) is 0 Å². The molecule has 0 aliphatic rings. The molecule has 0 aliphatic carbocycles. The van der Waals surface area contributed by atoms with Gasteiger partial charge < -0.3 is 20.0 Å². The lowest BCUT2D eigenvalue weighted by molar-refractivity contribution is 0.101. The van der Waals surface area contributed by atoms with Gasteiger partial charge in [-0.3, -0.25) is 9.59 Å². The molecule has 0 saturated carbocycles. The number of hydrogen-bond donors (Lipinski definition) is 3. The van der Waals surface area contributed by atoms with E-state index >= 15 is 0 Å². The van der Waals surface area contributed by atoms with E-state index in [0.29, 0.717) is 28.3 Å². The number of rotatable bonds is 6. The zero-order valence-electron chi connectivity index (χ0n) is 24.2. The molecular weight excluding hydrogens is 502 g/mol. The van der Waals surface area contributed by atoms with Gasteiger partial charge in [0.25, 0.3) is 11.8 Å². The third kappa shape index (κ3) is 6.42. The van der Waals surface area contributed by atoms with E-state index in [0.717, 1.165) is 16.5 Å². The highest BCUT2D eigenvalue weighted by atomic mass is 28.4.